The van der Waals surface area contributed by atoms with Gasteiger partial charge in [0, 0.05) is 5.33 Å². The standard InChI is InChI=1S/C4H3Br2F5/c5-1-3(6,2(7)8)4(9,10)11/h2H,1H2. The van der Waals surface area contributed by atoms with Crippen LogP contribution in [-0.4, -0.2) is 22.3 Å². The first kappa shape index (κ1) is 11.6. The average molecular weight is 306 g/mol. The highest BCUT2D eigenvalue weighted by Gasteiger charge is 2.58. The summed E-state index contributed by atoms with van der Waals surface area (Å²) < 4.78 is 55.8. The molecular formula is C4H3Br2F5. The van der Waals surface area contributed by atoms with Gasteiger partial charge < -0.3 is 0 Å². The molecule has 0 nitrogen and oxygen atoms in total. The van der Waals surface area contributed by atoms with E-state index in [0.717, 1.165) is 0 Å². The minimum atomic E-state index is -4.95. The van der Waals surface area contributed by atoms with E-state index in [4.69, 9.17) is 0 Å². The second-order valence-electron chi connectivity index (χ2n) is 1.79. The Morgan fingerprint density at radius 1 is 1.18 bits per heavy atom. The van der Waals surface area contributed by atoms with Crippen LogP contribution in [0, 0.1) is 0 Å². The summed E-state index contributed by atoms with van der Waals surface area (Å²) in [6, 6.07) is 0. The van der Waals surface area contributed by atoms with E-state index in [-0.39, 0.29) is 0 Å². The van der Waals surface area contributed by atoms with E-state index in [1.54, 1.807) is 0 Å². The van der Waals surface area contributed by atoms with Gasteiger partial charge in [-0.25, -0.2) is 8.78 Å². The van der Waals surface area contributed by atoms with Crippen LogP contribution in [0.5, 0.6) is 0 Å². The third-order valence-corrected chi connectivity index (χ3v) is 3.72. The highest BCUT2D eigenvalue weighted by molar-refractivity contribution is 9.12. The van der Waals surface area contributed by atoms with Gasteiger partial charge >= 0.3 is 6.18 Å². The number of rotatable bonds is 2. The number of halogens is 7. The van der Waals surface area contributed by atoms with Gasteiger partial charge in [-0.3, -0.25) is 0 Å². The molecule has 0 heterocycles. The molecule has 0 radical (unpaired) electrons. The van der Waals surface area contributed by atoms with E-state index in [9.17, 15) is 22.0 Å². The summed E-state index contributed by atoms with van der Waals surface area (Å²) in [6.07, 6.45) is -8.44. The quantitative estimate of drug-likeness (QED) is 0.542. The van der Waals surface area contributed by atoms with E-state index in [1.165, 1.54) is 0 Å². The van der Waals surface area contributed by atoms with Crippen LogP contribution < -0.4 is 0 Å². The van der Waals surface area contributed by atoms with E-state index in [0.29, 0.717) is 0 Å². The smallest absolute Gasteiger partial charge is 0.208 e. The zero-order valence-electron chi connectivity index (χ0n) is 4.93. The van der Waals surface area contributed by atoms with Gasteiger partial charge in [0.05, 0.1) is 0 Å². The van der Waals surface area contributed by atoms with Crippen molar-refractivity contribution < 1.29 is 22.0 Å². The van der Waals surface area contributed by atoms with Crippen molar-refractivity contribution in [1.29, 1.82) is 0 Å². The van der Waals surface area contributed by atoms with Gasteiger partial charge in [-0.2, -0.15) is 13.2 Å². The van der Waals surface area contributed by atoms with Crippen LogP contribution in [0.3, 0.4) is 0 Å². The maximum absolute atomic E-state index is 11.8. The van der Waals surface area contributed by atoms with Gasteiger partial charge in [0.1, 0.15) is 0 Å². The Bertz CT molecular complexity index is 133. The number of alkyl halides is 7. The van der Waals surface area contributed by atoms with Crippen molar-refractivity contribution in [1.82, 2.24) is 0 Å². The van der Waals surface area contributed by atoms with Crippen LogP contribution in [0.25, 0.3) is 0 Å². The summed E-state index contributed by atoms with van der Waals surface area (Å²) in [6.45, 7) is 0. The lowest BCUT2D eigenvalue weighted by Crippen LogP contribution is -2.47. The first-order valence-corrected chi connectivity index (χ1v) is 4.27. The van der Waals surface area contributed by atoms with Crippen molar-refractivity contribution >= 4 is 31.9 Å². The predicted molar refractivity (Wildman–Crippen MR) is 37.5 cm³/mol. The van der Waals surface area contributed by atoms with Crippen LogP contribution in [0.2, 0.25) is 0 Å². The van der Waals surface area contributed by atoms with Crippen LogP contribution in [0.4, 0.5) is 22.0 Å². The first-order chi connectivity index (χ1) is 4.75. The second-order valence-corrected chi connectivity index (χ2v) is 3.77. The third kappa shape index (κ3) is 2.27. The molecule has 0 rings (SSSR count). The van der Waals surface area contributed by atoms with E-state index >= 15 is 0 Å². The van der Waals surface area contributed by atoms with E-state index < -0.39 is 22.3 Å². The third-order valence-electron chi connectivity index (χ3n) is 1.01. The fourth-order valence-corrected chi connectivity index (χ4v) is 0.820. The first-order valence-electron chi connectivity index (χ1n) is 2.35. The molecule has 68 valence electrons. The Kier molecular flexibility index (Phi) is 3.75. The molecule has 0 aliphatic rings. The Morgan fingerprint density at radius 3 is 1.55 bits per heavy atom. The van der Waals surface area contributed by atoms with Crippen LogP contribution in [0.1, 0.15) is 0 Å². The van der Waals surface area contributed by atoms with Crippen molar-refractivity contribution in [3.05, 3.63) is 0 Å². The molecule has 7 heteroatoms. The summed E-state index contributed by atoms with van der Waals surface area (Å²) >= 11 is 4.31. The zero-order valence-corrected chi connectivity index (χ0v) is 8.10. The van der Waals surface area contributed by atoms with Gasteiger partial charge in [0.25, 0.3) is 6.43 Å². The summed E-state index contributed by atoms with van der Waals surface area (Å²) in [5.41, 5.74) is 0. The maximum atomic E-state index is 11.8. The monoisotopic (exact) mass is 304 g/mol. The van der Waals surface area contributed by atoms with Gasteiger partial charge in [0.2, 0.25) is 0 Å². The molecule has 0 amide bonds. The lowest BCUT2D eigenvalue weighted by atomic mass is 10.2. The summed E-state index contributed by atoms with van der Waals surface area (Å²) in [4.78, 5) is 0. The topological polar surface area (TPSA) is 0 Å². The summed E-state index contributed by atoms with van der Waals surface area (Å²) in [7, 11) is 0. The summed E-state index contributed by atoms with van der Waals surface area (Å²) in [5, 5.41) is -0.874. The Hall–Kier alpha value is 0.610. The molecule has 1 unspecified atom stereocenters. The van der Waals surface area contributed by atoms with Crippen LogP contribution >= 0.6 is 31.9 Å². The molecule has 0 aromatic rings. The summed E-state index contributed by atoms with van der Waals surface area (Å²) in [5.74, 6) is 0. The molecule has 0 saturated heterocycles. The second kappa shape index (κ2) is 3.55. The highest BCUT2D eigenvalue weighted by atomic mass is 79.9. The normalized spacial score (nSPS) is 18.5. The Labute approximate surface area is 76.4 Å². The fraction of sp³-hybridized carbons (Fsp3) is 1.00. The highest BCUT2D eigenvalue weighted by Crippen LogP contribution is 2.43. The van der Waals surface area contributed by atoms with Gasteiger partial charge in [-0.1, -0.05) is 31.9 Å². The largest absolute Gasteiger partial charge is 0.410 e. The molecule has 0 fully saturated rings. The Morgan fingerprint density at radius 2 is 1.55 bits per heavy atom. The average Bonchev–Trinajstić information content (AvgIpc) is 1.83. The van der Waals surface area contributed by atoms with Crippen LogP contribution in [-0.2, 0) is 0 Å². The molecule has 0 N–H and O–H groups in total. The Balaban J connectivity index is 4.61. The molecule has 0 spiro atoms. The molecule has 0 bridgehead atoms. The lowest BCUT2D eigenvalue weighted by molar-refractivity contribution is -0.179. The van der Waals surface area contributed by atoms with Crippen molar-refractivity contribution in [2.45, 2.75) is 16.9 Å². The number of hydrogen-bond donors (Lipinski definition) is 0. The fourth-order valence-electron chi connectivity index (χ4n) is 0.258. The molecular weight excluding hydrogens is 303 g/mol. The number of hydrogen-bond acceptors (Lipinski definition) is 0. The van der Waals surface area contributed by atoms with Gasteiger partial charge in [-0.05, 0) is 0 Å². The molecule has 0 aliphatic carbocycles. The van der Waals surface area contributed by atoms with Crippen molar-refractivity contribution in [3.63, 3.8) is 0 Å². The van der Waals surface area contributed by atoms with Crippen molar-refractivity contribution in [2.24, 2.45) is 0 Å². The lowest BCUT2D eigenvalue weighted by Gasteiger charge is -2.26. The maximum Gasteiger partial charge on any atom is 0.410 e. The molecule has 1 atom stereocenters. The SMILES string of the molecule is FC(F)C(Br)(CBr)C(F)(F)F. The van der Waals surface area contributed by atoms with E-state index in [1.807, 2.05) is 15.9 Å². The van der Waals surface area contributed by atoms with Crippen molar-refractivity contribution in [3.8, 4) is 0 Å². The molecule has 0 saturated carbocycles. The van der Waals surface area contributed by atoms with Crippen molar-refractivity contribution in [2.75, 3.05) is 5.33 Å². The van der Waals surface area contributed by atoms with E-state index in [2.05, 4.69) is 15.9 Å². The minimum absolute atomic E-state index is 0.874. The molecule has 11 heavy (non-hydrogen) atoms. The van der Waals surface area contributed by atoms with Crippen LogP contribution in [0.15, 0.2) is 0 Å². The molecule has 0 aromatic carbocycles. The minimum Gasteiger partial charge on any atom is -0.208 e. The van der Waals surface area contributed by atoms with Gasteiger partial charge in [-0.15, -0.1) is 0 Å². The van der Waals surface area contributed by atoms with Gasteiger partial charge in [0.15, 0.2) is 4.32 Å². The molecule has 0 aliphatic heterocycles. The molecule has 0 aromatic heterocycles. The zero-order chi connectivity index (χ0) is 9.28. The predicted octanol–water partition coefficient (Wildman–Crippen LogP) is 3.34.